The molecule has 0 bridgehead atoms. The molecule has 0 heterocycles. The van der Waals surface area contributed by atoms with Crippen molar-refractivity contribution >= 4 is 8.32 Å². The van der Waals surface area contributed by atoms with Crippen molar-refractivity contribution in [3.63, 3.8) is 0 Å². The van der Waals surface area contributed by atoms with E-state index in [4.69, 9.17) is 10.2 Å². The lowest BCUT2D eigenvalue weighted by molar-refractivity contribution is 0.329. The van der Waals surface area contributed by atoms with Gasteiger partial charge in [0.2, 0.25) is 0 Å². The summed E-state index contributed by atoms with van der Waals surface area (Å²) >= 11 is 0. The molecule has 0 aliphatic rings. The van der Waals surface area contributed by atoms with Crippen LogP contribution in [0.5, 0.6) is 0 Å². The van der Waals surface area contributed by atoms with E-state index in [-0.39, 0.29) is 0 Å². The molecule has 2 nitrogen and oxygen atoms in total. The van der Waals surface area contributed by atoms with Crippen LogP contribution in [-0.2, 0) is 4.43 Å². The standard InChI is InChI=1S/C9H21NOSi/c1-5-9(10)7-8-12(3,4)11-6-2/h5H,6-8,10H2,1-4H3. The fraction of sp³-hybridized carbons (Fsp3) is 0.778. The normalized spacial score (nSPS) is 13.5. The van der Waals surface area contributed by atoms with E-state index in [1.54, 1.807) is 0 Å². The van der Waals surface area contributed by atoms with Gasteiger partial charge in [-0.3, -0.25) is 0 Å². The predicted molar refractivity (Wildman–Crippen MR) is 56.5 cm³/mol. The maximum Gasteiger partial charge on any atom is 0.187 e. The topological polar surface area (TPSA) is 35.2 Å². The minimum Gasteiger partial charge on any atom is -0.418 e. The molecule has 0 atom stereocenters. The van der Waals surface area contributed by atoms with Crippen molar-refractivity contribution in [1.82, 2.24) is 0 Å². The van der Waals surface area contributed by atoms with Crippen LogP contribution in [0, 0.1) is 0 Å². The fourth-order valence-electron chi connectivity index (χ4n) is 1.05. The van der Waals surface area contributed by atoms with Crippen LogP contribution in [0.25, 0.3) is 0 Å². The number of rotatable bonds is 5. The van der Waals surface area contributed by atoms with Crippen molar-refractivity contribution in [3.8, 4) is 0 Å². The zero-order chi connectivity index (χ0) is 9.61. The summed E-state index contributed by atoms with van der Waals surface area (Å²) < 4.78 is 5.68. The SMILES string of the molecule is CC=C(N)CC[Si](C)(C)OCC. The summed E-state index contributed by atoms with van der Waals surface area (Å²) in [6.07, 6.45) is 2.95. The second kappa shape index (κ2) is 5.38. The van der Waals surface area contributed by atoms with Crippen molar-refractivity contribution in [2.24, 2.45) is 5.73 Å². The summed E-state index contributed by atoms with van der Waals surface area (Å²) in [6.45, 7) is 9.33. The molecule has 2 N–H and O–H groups in total. The Kier molecular flexibility index (Phi) is 5.25. The Balaban J connectivity index is 3.75. The second-order valence-electron chi connectivity index (χ2n) is 3.56. The lowest BCUT2D eigenvalue weighted by Gasteiger charge is -2.21. The predicted octanol–water partition coefficient (Wildman–Crippen LogP) is 2.48. The lowest BCUT2D eigenvalue weighted by atomic mass is 10.3. The van der Waals surface area contributed by atoms with Crippen LogP contribution in [-0.4, -0.2) is 14.9 Å². The van der Waals surface area contributed by atoms with Gasteiger partial charge in [-0.05, 0) is 39.4 Å². The average Bonchev–Trinajstić information content (AvgIpc) is 2.00. The molecule has 0 aromatic carbocycles. The number of allylic oxidation sites excluding steroid dienone is 2. The van der Waals surface area contributed by atoms with Crippen LogP contribution in [0.15, 0.2) is 11.8 Å². The Bertz CT molecular complexity index is 155. The van der Waals surface area contributed by atoms with Gasteiger partial charge in [0.15, 0.2) is 8.32 Å². The van der Waals surface area contributed by atoms with Crippen LogP contribution >= 0.6 is 0 Å². The summed E-state index contributed by atoms with van der Waals surface area (Å²) in [7, 11) is -1.40. The molecule has 0 aliphatic heterocycles. The molecule has 0 aliphatic carbocycles. The molecular weight excluding hydrogens is 166 g/mol. The first-order valence-electron chi connectivity index (χ1n) is 4.56. The molecule has 0 amide bonds. The van der Waals surface area contributed by atoms with E-state index in [9.17, 15) is 0 Å². The molecule has 0 aromatic heterocycles. The van der Waals surface area contributed by atoms with Gasteiger partial charge in [-0.25, -0.2) is 0 Å². The molecule has 0 aromatic rings. The van der Waals surface area contributed by atoms with Crippen LogP contribution in [0.1, 0.15) is 20.3 Å². The van der Waals surface area contributed by atoms with E-state index < -0.39 is 8.32 Å². The molecule has 0 fully saturated rings. The maximum atomic E-state index is 5.70. The maximum absolute atomic E-state index is 5.70. The molecule has 0 spiro atoms. The Morgan fingerprint density at radius 2 is 2.08 bits per heavy atom. The van der Waals surface area contributed by atoms with Crippen LogP contribution in [0.3, 0.4) is 0 Å². The summed E-state index contributed by atoms with van der Waals surface area (Å²) in [4.78, 5) is 0. The third kappa shape index (κ3) is 5.38. The third-order valence-electron chi connectivity index (χ3n) is 1.92. The highest BCUT2D eigenvalue weighted by molar-refractivity contribution is 6.71. The molecule has 72 valence electrons. The quantitative estimate of drug-likeness (QED) is 0.671. The van der Waals surface area contributed by atoms with Gasteiger partial charge in [-0.1, -0.05) is 6.08 Å². The van der Waals surface area contributed by atoms with E-state index in [0.717, 1.165) is 24.8 Å². The summed E-state index contributed by atoms with van der Waals surface area (Å²) in [6, 6.07) is 1.12. The summed E-state index contributed by atoms with van der Waals surface area (Å²) in [5.74, 6) is 0. The van der Waals surface area contributed by atoms with Gasteiger partial charge in [-0.2, -0.15) is 0 Å². The molecule has 0 radical (unpaired) electrons. The number of hydrogen-bond acceptors (Lipinski definition) is 2. The van der Waals surface area contributed by atoms with Gasteiger partial charge in [0, 0.05) is 12.3 Å². The third-order valence-corrected chi connectivity index (χ3v) is 4.45. The van der Waals surface area contributed by atoms with Gasteiger partial charge in [0.25, 0.3) is 0 Å². The minimum atomic E-state index is -1.40. The Morgan fingerprint density at radius 1 is 1.50 bits per heavy atom. The fourth-order valence-corrected chi connectivity index (χ4v) is 2.87. The van der Waals surface area contributed by atoms with E-state index >= 15 is 0 Å². The van der Waals surface area contributed by atoms with E-state index in [1.165, 1.54) is 0 Å². The average molecular weight is 187 g/mol. The Hall–Kier alpha value is -0.283. The minimum absolute atomic E-state index is 0.828. The van der Waals surface area contributed by atoms with Gasteiger partial charge in [0.1, 0.15) is 0 Å². The number of hydrogen-bond donors (Lipinski definition) is 1. The highest BCUT2D eigenvalue weighted by Gasteiger charge is 2.20. The lowest BCUT2D eigenvalue weighted by Crippen LogP contribution is -2.30. The molecule has 0 saturated carbocycles. The first-order valence-corrected chi connectivity index (χ1v) is 7.68. The zero-order valence-electron chi connectivity index (χ0n) is 8.68. The largest absolute Gasteiger partial charge is 0.418 e. The molecule has 3 heteroatoms. The smallest absolute Gasteiger partial charge is 0.187 e. The van der Waals surface area contributed by atoms with Crippen molar-refractivity contribution in [2.45, 2.75) is 39.4 Å². The first kappa shape index (κ1) is 11.7. The van der Waals surface area contributed by atoms with Crippen molar-refractivity contribution < 1.29 is 4.43 Å². The van der Waals surface area contributed by atoms with Gasteiger partial charge in [0.05, 0.1) is 0 Å². The molecule has 0 saturated heterocycles. The first-order chi connectivity index (χ1) is 5.52. The van der Waals surface area contributed by atoms with Gasteiger partial charge >= 0.3 is 0 Å². The van der Waals surface area contributed by atoms with E-state index in [2.05, 4.69) is 13.1 Å². The molecular formula is C9H21NOSi. The Labute approximate surface area is 76.9 Å². The van der Waals surface area contributed by atoms with Crippen molar-refractivity contribution in [2.75, 3.05) is 6.61 Å². The number of nitrogens with two attached hydrogens (primary N) is 1. The van der Waals surface area contributed by atoms with E-state index in [0.29, 0.717) is 0 Å². The molecule has 0 unspecified atom stereocenters. The second-order valence-corrected chi connectivity index (χ2v) is 7.86. The summed E-state index contributed by atoms with van der Waals surface area (Å²) in [5.41, 5.74) is 6.69. The highest BCUT2D eigenvalue weighted by atomic mass is 28.4. The highest BCUT2D eigenvalue weighted by Crippen LogP contribution is 2.15. The van der Waals surface area contributed by atoms with E-state index in [1.807, 2.05) is 19.9 Å². The van der Waals surface area contributed by atoms with Crippen molar-refractivity contribution in [3.05, 3.63) is 11.8 Å². The van der Waals surface area contributed by atoms with Gasteiger partial charge < -0.3 is 10.2 Å². The Morgan fingerprint density at radius 3 is 2.50 bits per heavy atom. The molecule has 12 heavy (non-hydrogen) atoms. The monoisotopic (exact) mass is 187 g/mol. The van der Waals surface area contributed by atoms with Crippen LogP contribution in [0.2, 0.25) is 19.1 Å². The van der Waals surface area contributed by atoms with Crippen LogP contribution < -0.4 is 5.73 Å². The van der Waals surface area contributed by atoms with Crippen LogP contribution in [0.4, 0.5) is 0 Å². The van der Waals surface area contributed by atoms with Crippen molar-refractivity contribution in [1.29, 1.82) is 0 Å². The zero-order valence-corrected chi connectivity index (χ0v) is 9.68. The van der Waals surface area contributed by atoms with Gasteiger partial charge in [-0.15, -0.1) is 0 Å². The summed E-state index contributed by atoms with van der Waals surface area (Å²) in [5, 5.41) is 0. The molecule has 0 rings (SSSR count).